The molecule has 1 aromatic rings. The molecule has 2 N–H and O–H groups in total. The maximum atomic E-state index is 12.1. The third kappa shape index (κ3) is 3.11. The lowest BCUT2D eigenvalue weighted by Gasteiger charge is -2.16. The van der Waals surface area contributed by atoms with Crippen molar-refractivity contribution >= 4 is 5.91 Å². The molecule has 16 heavy (non-hydrogen) atoms. The molecule has 0 saturated carbocycles. The van der Waals surface area contributed by atoms with Crippen molar-refractivity contribution in [1.29, 1.82) is 0 Å². The number of alkyl halides is 3. The van der Waals surface area contributed by atoms with Crippen LogP contribution in [0.4, 0.5) is 13.2 Å². The summed E-state index contributed by atoms with van der Waals surface area (Å²) in [5.41, 5.74) is 5.04. The van der Waals surface area contributed by atoms with Gasteiger partial charge in [0.15, 0.2) is 6.10 Å². The number of nitrogens with zero attached hydrogens (tertiary/aromatic N) is 1. The third-order valence-electron chi connectivity index (χ3n) is 1.78. The zero-order valence-electron chi connectivity index (χ0n) is 8.28. The number of hydrogen-bond donors (Lipinski definition) is 1. The molecule has 0 aliphatic carbocycles. The molecule has 1 aromatic heterocycles. The summed E-state index contributed by atoms with van der Waals surface area (Å²) < 4.78 is 40.9. The zero-order valence-corrected chi connectivity index (χ0v) is 8.28. The molecule has 0 radical (unpaired) electrons. The molecule has 0 aliphatic heterocycles. The van der Waals surface area contributed by atoms with Crippen LogP contribution in [0.2, 0.25) is 0 Å². The van der Waals surface area contributed by atoms with Crippen molar-refractivity contribution in [2.24, 2.45) is 5.73 Å². The van der Waals surface area contributed by atoms with Crippen LogP contribution in [0.5, 0.6) is 5.88 Å². The van der Waals surface area contributed by atoms with Gasteiger partial charge in [0.2, 0.25) is 11.8 Å². The molecule has 7 heteroatoms. The molecule has 1 atom stereocenters. The van der Waals surface area contributed by atoms with Crippen molar-refractivity contribution in [3.63, 3.8) is 0 Å². The van der Waals surface area contributed by atoms with E-state index in [1.165, 1.54) is 6.07 Å². The molecular formula is C9H9F3N2O2. The van der Waals surface area contributed by atoms with E-state index < -0.39 is 18.2 Å². The Morgan fingerprint density at radius 2 is 2.12 bits per heavy atom. The van der Waals surface area contributed by atoms with E-state index in [0.717, 1.165) is 19.2 Å². The van der Waals surface area contributed by atoms with E-state index in [0.29, 0.717) is 0 Å². The van der Waals surface area contributed by atoms with Gasteiger partial charge in [-0.25, -0.2) is 4.98 Å². The minimum Gasteiger partial charge on any atom is -0.465 e. The lowest BCUT2D eigenvalue weighted by Crippen LogP contribution is -2.31. The minimum atomic E-state index is -4.45. The van der Waals surface area contributed by atoms with Crippen LogP contribution in [0, 0.1) is 0 Å². The van der Waals surface area contributed by atoms with Crippen LogP contribution in [0.25, 0.3) is 0 Å². The van der Waals surface area contributed by atoms with Crippen molar-refractivity contribution in [1.82, 2.24) is 4.98 Å². The van der Waals surface area contributed by atoms with Gasteiger partial charge < -0.3 is 10.5 Å². The number of nitrogens with two attached hydrogens (primary N) is 1. The summed E-state index contributed by atoms with van der Waals surface area (Å²) in [4.78, 5) is 14.2. The van der Waals surface area contributed by atoms with Crippen molar-refractivity contribution in [2.45, 2.75) is 19.2 Å². The number of carbonyl (C=O) groups is 1. The molecule has 0 saturated heterocycles. The summed E-state index contributed by atoms with van der Waals surface area (Å²) in [6, 6.07) is 2.40. The van der Waals surface area contributed by atoms with Crippen LogP contribution in [-0.2, 0) is 0 Å². The molecule has 1 rings (SSSR count). The standard InChI is InChI=1S/C9H9F3N2O2/c1-5(9(10,11)12)16-7-3-2-6(4-14-7)8(13)15/h2-5H,1H3,(H2,13,15). The topological polar surface area (TPSA) is 65.2 Å². The van der Waals surface area contributed by atoms with Crippen LogP contribution in [0.3, 0.4) is 0 Å². The van der Waals surface area contributed by atoms with Gasteiger partial charge in [-0.1, -0.05) is 0 Å². The van der Waals surface area contributed by atoms with Crippen LogP contribution in [0.1, 0.15) is 17.3 Å². The van der Waals surface area contributed by atoms with Crippen molar-refractivity contribution in [3.05, 3.63) is 23.9 Å². The Balaban J connectivity index is 2.73. The second-order valence-corrected chi connectivity index (χ2v) is 3.05. The summed E-state index contributed by atoms with van der Waals surface area (Å²) in [6.45, 7) is 0.865. The number of amides is 1. The number of aromatic nitrogens is 1. The van der Waals surface area contributed by atoms with Gasteiger partial charge in [0.05, 0.1) is 5.56 Å². The van der Waals surface area contributed by atoms with Crippen molar-refractivity contribution in [3.8, 4) is 5.88 Å². The highest BCUT2D eigenvalue weighted by Crippen LogP contribution is 2.23. The summed E-state index contributed by atoms with van der Waals surface area (Å²) in [7, 11) is 0. The monoisotopic (exact) mass is 234 g/mol. The first-order chi connectivity index (χ1) is 7.30. The number of ether oxygens (including phenoxy) is 1. The van der Waals surface area contributed by atoms with E-state index in [1.54, 1.807) is 0 Å². The number of hydrogen-bond acceptors (Lipinski definition) is 3. The fraction of sp³-hybridized carbons (Fsp3) is 0.333. The molecule has 0 aromatic carbocycles. The maximum Gasteiger partial charge on any atom is 0.425 e. The summed E-state index contributed by atoms with van der Waals surface area (Å²) in [5, 5.41) is 0. The molecule has 0 fully saturated rings. The van der Waals surface area contributed by atoms with Crippen molar-refractivity contribution in [2.75, 3.05) is 0 Å². The van der Waals surface area contributed by atoms with E-state index in [2.05, 4.69) is 9.72 Å². The van der Waals surface area contributed by atoms with Gasteiger partial charge in [-0.3, -0.25) is 4.79 Å². The highest BCUT2D eigenvalue weighted by atomic mass is 19.4. The van der Waals surface area contributed by atoms with Gasteiger partial charge in [0.25, 0.3) is 0 Å². The quantitative estimate of drug-likeness (QED) is 0.862. The van der Waals surface area contributed by atoms with Gasteiger partial charge in [-0.15, -0.1) is 0 Å². The Kier molecular flexibility index (Phi) is 3.36. The number of carbonyl (C=O) groups excluding carboxylic acids is 1. The Morgan fingerprint density at radius 1 is 1.50 bits per heavy atom. The van der Waals surface area contributed by atoms with Gasteiger partial charge in [-0.05, 0) is 13.0 Å². The summed E-state index contributed by atoms with van der Waals surface area (Å²) in [5.74, 6) is -0.919. The van der Waals surface area contributed by atoms with Crippen molar-refractivity contribution < 1.29 is 22.7 Å². The highest BCUT2D eigenvalue weighted by Gasteiger charge is 2.38. The fourth-order valence-corrected chi connectivity index (χ4v) is 0.844. The Labute approximate surface area is 89.2 Å². The van der Waals surface area contributed by atoms with E-state index in [4.69, 9.17) is 5.73 Å². The minimum absolute atomic E-state index is 0.104. The van der Waals surface area contributed by atoms with Gasteiger partial charge in [0.1, 0.15) is 0 Å². The average molecular weight is 234 g/mol. The van der Waals surface area contributed by atoms with E-state index in [1.807, 2.05) is 0 Å². The number of halogens is 3. The molecular weight excluding hydrogens is 225 g/mol. The predicted molar refractivity (Wildman–Crippen MR) is 48.9 cm³/mol. The number of pyridine rings is 1. The Morgan fingerprint density at radius 3 is 2.50 bits per heavy atom. The zero-order chi connectivity index (χ0) is 12.3. The first kappa shape index (κ1) is 12.3. The number of rotatable bonds is 3. The lowest BCUT2D eigenvalue weighted by atomic mass is 10.3. The largest absolute Gasteiger partial charge is 0.465 e. The summed E-state index contributed by atoms with van der Waals surface area (Å²) in [6.07, 6.45) is -5.36. The second-order valence-electron chi connectivity index (χ2n) is 3.05. The third-order valence-corrected chi connectivity index (χ3v) is 1.78. The van der Waals surface area contributed by atoms with Crippen LogP contribution < -0.4 is 10.5 Å². The Hall–Kier alpha value is -1.79. The van der Waals surface area contributed by atoms with Crippen LogP contribution in [-0.4, -0.2) is 23.2 Å². The molecule has 1 unspecified atom stereocenters. The first-order valence-corrected chi connectivity index (χ1v) is 4.30. The van der Waals surface area contributed by atoms with E-state index in [9.17, 15) is 18.0 Å². The molecule has 1 amide bonds. The maximum absolute atomic E-state index is 12.1. The van der Waals surface area contributed by atoms with E-state index >= 15 is 0 Å². The predicted octanol–water partition coefficient (Wildman–Crippen LogP) is 1.51. The Bertz CT molecular complexity index is 375. The van der Waals surface area contributed by atoms with Gasteiger partial charge >= 0.3 is 6.18 Å². The average Bonchev–Trinajstić information content (AvgIpc) is 2.17. The number of primary amides is 1. The second kappa shape index (κ2) is 4.38. The lowest BCUT2D eigenvalue weighted by molar-refractivity contribution is -0.189. The van der Waals surface area contributed by atoms with Crippen LogP contribution in [0.15, 0.2) is 18.3 Å². The SMILES string of the molecule is CC(Oc1ccc(C(N)=O)cn1)C(F)(F)F. The summed E-state index contributed by atoms with van der Waals surface area (Å²) >= 11 is 0. The molecule has 0 spiro atoms. The van der Waals surface area contributed by atoms with Gasteiger partial charge in [0, 0.05) is 12.3 Å². The molecule has 0 aliphatic rings. The van der Waals surface area contributed by atoms with Crippen LogP contribution >= 0.6 is 0 Å². The normalized spacial score (nSPS) is 13.2. The van der Waals surface area contributed by atoms with E-state index in [-0.39, 0.29) is 11.4 Å². The highest BCUT2D eigenvalue weighted by molar-refractivity contribution is 5.92. The molecule has 1 heterocycles. The van der Waals surface area contributed by atoms with Gasteiger partial charge in [-0.2, -0.15) is 13.2 Å². The smallest absolute Gasteiger partial charge is 0.425 e. The molecule has 88 valence electrons. The fourth-order valence-electron chi connectivity index (χ4n) is 0.844. The molecule has 4 nitrogen and oxygen atoms in total. The molecule has 0 bridgehead atoms. The first-order valence-electron chi connectivity index (χ1n) is 4.30.